The molecule has 0 saturated heterocycles. The Morgan fingerprint density at radius 1 is 1.44 bits per heavy atom. The largest absolute Gasteiger partial charge is 0.378 e. The van der Waals surface area contributed by atoms with Crippen LogP contribution in [0.5, 0.6) is 0 Å². The molecular weight excluding hydrogens is 202 g/mol. The van der Waals surface area contributed by atoms with Crippen LogP contribution >= 0.6 is 0 Å². The molecule has 2 unspecified atom stereocenters. The quantitative estimate of drug-likeness (QED) is 0.737. The molecule has 0 aromatic carbocycles. The van der Waals surface area contributed by atoms with E-state index in [1.165, 1.54) is 25.7 Å². The average Bonchev–Trinajstić information content (AvgIpc) is 2.74. The molecule has 0 aromatic heterocycles. The molecule has 3 nitrogen and oxygen atoms in total. The third-order valence-electron chi connectivity index (χ3n) is 4.61. The number of hydrogen-bond acceptors (Lipinski definition) is 2. The lowest BCUT2D eigenvalue weighted by molar-refractivity contribution is -0.171. The minimum Gasteiger partial charge on any atom is -0.378 e. The third-order valence-corrected chi connectivity index (χ3v) is 4.61. The zero-order valence-electron chi connectivity index (χ0n) is 10.7. The predicted octanol–water partition coefficient (Wildman–Crippen LogP) is 2.20. The van der Waals surface area contributed by atoms with E-state index in [0.29, 0.717) is 12.1 Å². The predicted molar refractivity (Wildman–Crippen MR) is 63.2 cm³/mol. The molecule has 2 aliphatic carbocycles. The van der Waals surface area contributed by atoms with Gasteiger partial charge in [0.15, 0.2) is 0 Å². The molecule has 0 bridgehead atoms. The summed E-state index contributed by atoms with van der Waals surface area (Å²) in [5.41, 5.74) is 0.288. The van der Waals surface area contributed by atoms with Crippen LogP contribution in [0, 0.1) is 5.41 Å². The summed E-state index contributed by atoms with van der Waals surface area (Å²) >= 11 is 0. The highest BCUT2D eigenvalue weighted by Crippen LogP contribution is 2.56. The number of rotatable bonds is 3. The third kappa shape index (κ3) is 1.65. The van der Waals surface area contributed by atoms with Crippen molar-refractivity contribution in [3.8, 4) is 0 Å². The summed E-state index contributed by atoms with van der Waals surface area (Å²) in [6.45, 7) is 4.52. The van der Waals surface area contributed by atoms with E-state index in [-0.39, 0.29) is 11.3 Å². The second-order valence-electron chi connectivity index (χ2n) is 5.27. The van der Waals surface area contributed by atoms with E-state index in [1.807, 2.05) is 11.9 Å². The van der Waals surface area contributed by atoms with Gasteiger partial charge in [-0.15, -0.1) is 0 Å². The summed E-state index contributed by atoms with van der Waals surface area (Å²) in [5.74, 6) is 0.186. The normalized spacial score (nSPS) is 31.4. The van der Waals surface area contributed by atoms with E-state index in [1.54, 1.807) is 6.92 Å². The van der Waals surface area contributed by atoms with Crippen molar-refractivity contribution in [2.45, 2.75) is 58.1 Å². The molecule has 2 rings (SSSR count). The summed E-state index contributed by atoms with van der Waals surface area (Å²) in [7, 11) is 1.94. The lowest BCUT2D eigenvalue weighted by atomic mass is 9.60. The Labute approximate surface area is 98.1 Å². The van der Waals surface area contributed by atoms with Crippen LogP contribution < -0.4 is 0 Å². The van der Waals surface area contributed by atoms with Gasteiger partial charge < -0.3 is 9.64 Å². The molecule has 0 aromatic rings. The molecule has 3 heteroatoms. The topological polar surface area (TPSA) is 29.5 Å². The second-order valence-corrected chi connectivity index (χ2v) is 5.27. The van der Waals surface area contributed by atoms with Crippen LogP contribution in [-0.4, -0.2) is 36.6 Å². The first-order valence-corrected chi connectivity index (χ1v) is 6.47. The lowest BCUT2D eigenvalue weighted by Gasteiger charge is -2.56. The Hall–Kier alpha value is -0.570. The number of amides is 1. The zero-order chi connectivity index (χ0) is 11.8. The minimum absolute atomic E-state index is 0.186. The molecule has 2 aliphatic rings. The van der Waals surface area contributed by atoms with Crippen molar-refractivity contribution < 1.29 is 9.53 Å². The molecule has 2 atom stereocenters. The van der Waals surface area contributed by atoms with Gasteiger partial charge in [-0.2, -0.15) is 0 Å². The number of ether oxygens (including phenoxy) is 1. The molecule has 1 spiro atoms. The van der Waals surface area contributed by atoms with E-state index < -0.39 is 0 Å². The first-order chi connectivity index (χ1) is 7.62. The van der Waals surface area contributed by atoms with Crippen molar-refractivity contribution in [2.24, 2.45) is 5.41 Å². The van der Waals surface area contributed by atoms with Crippen LogP contribution in [0.25, 0.3) is 0 Å². The van der Waals surface area contributed by atoms with Gasteiger partial charge in [0.1, 0.15) is 0 Å². The fourth-order valence-electron chi connectivity index (χ4n) is 3.61. The summed E-state index contributed by atoms with van der Waals surface area (Å²) in [6, 6.07) is 0.420. The molecule has 2 saturated carbocycles. The maximum Gasteiger partial charge on any atom is 0.219 e. The SMILES string of the molecule is CCOC1CC(N(C)C(C)=O)C12CCCC2. The van der Waals surface area contributed by atoms with Crippen LogP contribution in [0.2, 0.25) is 0 Å². The number of nitrogens with zero attached hydrogens (tertiary/aromatic N) is 1. The first-order valence-electron chi connectivity index (χ1n) is 6.47. The molecule has 92 valence electrons. The highest BCUT2D eigenvalue weighted by molar-refractivity contribution is 5.73. The minimum atomic E-state index is 0.186. The molecular formula is C13H23NO2. The summed E-state index contributed by atoms with van der Waals surface area (Å²) in [6.07, 6.45) is 6.49. The van der Waals surface area contributed by atoms with Crippen molar-refractivity contribution in [3.05, 3.63) is 0 Å². The Balaban J connectivity index is 2.09. The van der Waals surface area contributed by atoms with Gasteiger partial charge in [-0.25, -0.2) is 0 Å². The maximum atomic E-state index is 11.5. The van der Waals surface area contributed by atoms with E-state index in [0.717, 1.165) is 13.0 Å². The van der Waals surface area contributed by atoms with Crippen LogP contribution in [0.15, 0.2) is 0 Å². The van der Waals surface area contributed by atoms with Gasteiger partial charge >= 0.3 is 0 Å². The fourth-order valence-corrected chi connectivity index (χ4v) is 3.61. The smallest absolute Gasteiger partial charge is 0.219 e. The highest BCUT2D eigenvalue weighted by atomic mass is 16.5. The van der Waals surface area contributed by atoms with E-state index in [4.69, 9.17) is 4.74 Å². The first kappa shape index (κ1) is 11.9. The van der Waals surface area contributed by atoms with E-state index >= 15 is 0 Å². The van der Waals surface area contributed by atoms with Gasteiger partial charge in [0.25, 0.3) is 0 Å². The van der Waals surface area contributed by atoms with Crippen molar-refractivity contribution >= 4 is 5.91 Å². The Morgan fingerprint density at radius 3 is 2.56 bits per heavy atom. The van der Waals surface area contributed by atoms with Crippen LogP contribution in [-0.2, 0) is 9.53 Å². The van der Waals surface area contributed by atoms with Crippen molar-refractivity contribution in [1.82, 2.24) is 4.90 Å². The van der Waals surface area contributed by atoms with Crippen molar-refractivity contribution in [1.29, 1.82) is 0 Å². The second kappa shape index (κ2) is 4.36. The average molecular weight is 225 g/mol. The van der Waals surface area contributed by atoms with Crippen molar-refractivity contribution in [2.75, 3.05) is 13.7 Å². The van der Waals surface area contributed by atoms with Gasteiger partial charge in [-0.05, 0) is 26.2 Å². The Kier molecular flexibility index (Phi) is 3.24. The van der Waals surface area contributed by atoms with Gasteiger partial charge in [0.05, 0.1) is 6.10 Å². The van der Waals surface area contributed by atoms with Gasteiger partial charge in [0, 0.05) is 32.0 Å². The molecule has 0 N–H and O–H groups in total. The lowest BCUT2D eigenvalue weighted by Crippen LogP contribution is -2.63. The number of hydrogen-bond donors (Lipinski definition) is 0. The van der Waals surface area contributed by atoms with Gasteiger partial charge in [-0.1, -0.05) is 12.8 Å². The van der Waals surface area contributed by atoms with Gasteiger partial charge in [-0.3, -0.25) is 4.79 Å². The standard InChI is InChI=1S/C13H23NO2/c1-4-16-12-9-11(14(3)10(2)15)13(12)7-5-6-8-13/h11-12H,4-9H2,1-3H3. The van der Waals surface area contributed by atoms with Crippen molar-refractivity contribution in [3.63, 3.8) is 0 Å². The summed E-state index contributed by atoms with van der Waals surface area (Å²) in [5, 5.41) is 0. The van der Waals surface area contributed by atoms with Crippen LogP contribution in [0.1, 0.15) is 46.0 Å². The van der Waals surface area contributed by atoms with E-state index in [2.05, 4.69) is 6.92 Å². The van der Waals surface area contributed by atoms with Crippen LogP contribution in [0.4, 0.5) is 0 Å². The molecule has 1 amide bonds. The monoisotopic (exact) mass is 225 g/mol. The Bertz CT molecular complexity index is 271. The summed E-state index contributed by atoms with van der Waals surface area (Å²) < 4.78 is 5.84. The highest BCUT2D eigenvalue weighted by Gasteiger charge is 2.58. The zero-order valence-corrected chi connectivity index (χ0v) is 10.7. The van der Waals surface area contributed by atoms with Gasteiger partial charge in [0.2, 0.25) is 5.91 Å². The molecule has 0 aliphatic heterocycles. The maximum absolute atomic E-state index is 11.5. The van der Waals surface area contributed by atoms with Crippen LogP contribution in [0.3, 0.4) is 0 Å². The Morgan fingerprint density at radius 2 is 2.06 bits per heavy atom. The van der Waals surface area contributed by atoms with E-state index in [9.17, 15) is 4.79 Å². The summed E-state index contributed by atoms with van der Waals surface area (Å²) in [4.78, 5) is 13.4. The molecule has 2 fully saturated rings. The molecule has 0 heterocycles. The molecule has 16 heavy (non-hydrogen) atoms. The number of carbonyl (C=O) groups is 1. The number of carbonyl (C=O) groups excluding carboxylic acids is 1. The molecule has 0 radical (unpaired) electrons. The fraction of sp³-hybridized carbons (Fsp3) is 0.923.